The molecule has 1 aromatic carbocycles. The van der Waals surface area contributed by atoms with Gasteiger partial charge in [0.1, 0.15) is 5.82 Å². The molecule has 164 valence electrons. The molecule has 4 aliphatic rings. The van der Waals surface area contributed by atoms with Crippen LogP contribution >= 0.6 is 0 Å². The first kappa shape index (κ1) is 20.4. The van der Waals surface area contributed by atoms with Crippen LogP contribution in [0.15, 0.2) is 29.1 Å². The summed E-state index contributed by atoms with van der Waals surface area (Å²) in [5, 5.41) is 0.561. The van der Waals surface area contributed by atoms with Crippen molar-refractivity contribution in [2.45, 2.75) is 64.4 Å². The van der Waals surface area contributed by atoms with Gasteiger partial charge in [0.2, 0.25) is 0 Å². The third-order valence-corrected chi connectivity index (χ3v) is 7.87. The second-order valence-corrected chi connectivity index (χ2v) is 10.1. The van der Waals surface area contributed by atoms with Gasteiger partial charge in [-0.1, -0.05) is 12.1 Å². The predicted octanol–water partition coefficient (Wildman–Crippen LogP) is 3.58. The summed E-state index contributed by atoms with van der Waals surface area (Å²) < 4.78 is 7.06. The molecule has 0 saturated heterocycles. The van der Waals surface area contributed by atoms with Crippen LogP contribution in [0.5, 0.6) is 0 Å². The molecule has 2 aromatic rings. The SMILES string of the molecule is C[C@@H](OC(=O)CCc1nc2ccccc2c(=O)n1C)C(=O)C12CC3CC(CC(C3)C1)C2. The maximum atomic E-state index is 13.3. The summed E-state index contributed by atoms with van der Waals surface area (Å²) >= 11 is 0. The molecule has 4 aliphatic carbocycles. The topological polar surface area (TPSA) is 78.3 Å². The van der Waals surface area contributed by atoms with Crippen molar-refractivity contribution in [3.05, 3.63) is 40.4 Å². The van der Waals surface area contributed by atoms with Crippen LogP contribution in [0.4, 0.5) is 0 Å². The minimum Gasteiger partial charge on any atom is -0.455 e. The van der Waals surface area contributed by atoms with E-state index in [0.29, 0.717) is 40.9 Å². The number of rotatable bonds is 6. The summed E-state index contributed by atoms with van der Waals surface area (Å²) in [7, 11) is 1.67. The van der Waals surface area contributed by atoms with Crippen molar-refractivity contribution >= 4 is 22.7 Å². The van der Waals surface area contributed by atoms with E-state index in [0.717, 1.165) is 19.3 Å². The molecule has 1 aromatic heterocycles. The van der Waals surface area contributed by atoms with Gasteiger partial charge in [0, 0.05) is 18.9 Å². The standard InChI is InChI=1S/C25H30N2O4/c1-15(23(29)25-12-16-9-17(13-25)11-18(10-16)14-25)31-22(28)8-7-21-26-20-6-4-3-5-19(20)24(30)27(21)2/h3-6,15-18H,7-14H2,1-2H3/t15-,16?,17?,18?,25?/m1/s1. The number of Topliss-reactive ketones (excluding diaryl/α,β-unsaturated/α-hetero) is 1. The smallest absolute Gasteiger partial charge is 0.306 e. The van der Waals surface area contributed by atoms with Gasteiger partial charge < -0.3 is 4.74 Å². The molecular weight excluding hydrogens is 392 g/mol. The van der Waals surface area contributed by atoms with Crippen LogP contribution in [-0.4, -0.2) is 27.4 Å². The summed E-state index contributed by atoms with van der Waals surface area (Å²) in [6, 6.07) is 7.19. The van der Waals surface area contributed by atoms with Gasteiger partial charge in [-0.3, -0.25) is 19.0 Å². The second kappa shape index (κ2) is 7.57. The Kier molecular flexibility index (Phi) is 4.98. The van der Waals surface area contributed by atoms with Crippen LogP contribution < -0.4 is 5.56 Å². The van der Waals surface area contributed by atoms with E-state index in [1.165, 1.54) is 23.8 Å². The number of hydrogen-bond donors (Lipinski definition) is 0. The number of hydrogen-bond acceptors (Lipinski definition) is 5. The Bertz CT molecular complexity index is 1070. The highest BCUT2D eigenvalue weighted by atomic mass is 16.5. The lowest BCUT2D eigenvalue weighted by Gasteiger charge is -2.56. The van der Waals surface area contributed by atoms with Crippen LogP contribution in [0.3, 0.4) is 0 Å². The Morgan fingerprint density at radius 2 is 1.74 bits per heavy atom. The Morgan fingerprint density at radius 3 is 2.39 bits per heavy atom. The number of ketones is 1. The van der Waals surface area contributed by atoms with Crippen molar-refractivity contribution in [1.29, 1.82) is 0 Å². The Hall–Kier alpha value is -2.50. The first-order chi connectivity index (χ1) is 14.8. The molecule has 6 nitrogen and oxygen atoms in total. The number of ether oxygens (including phenoxy) is 1. The van der Waals surface area contributed by atoms with Crippen LogP contribution in [0, 0.1) is 23.2 Å². The first-order valence-corrected chi connectivity index (χ1v) is 11.5. The zero-order chi connectivity index (χ0) is 21.8. The number of aromatic nitrogens is 2. The number of carbonyl (C=O) groups excluding carboxylic acids is 2. The van der Waals surface area contributed by atoms with Gasteiger partial charge in [-0.25, -0.2) is 4.98 Å². The molecule has 0 unspecified atom stereocenters. The number of para-hydroxylation sites is 1. The highest BCUT2D eigenvalue weighted by Gasteiger charge is 2.55. The molecule has 6 heteroatoms. The molecule has 4 fully saturated rings. The average molecular weight is 423 g/mol. The monoisotopic (exact) mass is 422 g/mol. The molecule has 0 N–H and O–H groups in total. The van der Waals surface area contributed by atoms with Gasteiger partial charge in [0.25, 0.3) is 5.56 Å². The molecule has 4 bridgehead atoms. The molecule has 1 atom stereocenters. The Balaban J connectivity index is 1.23. The van der Waals surface area contributed by atoms with Crippen LogP contribution in [0.1, 0.15) is 57.7 Å². The zero-order valence-corrected chi connectivity index (χ0v) is 18.3. The number of benzene rings is 1. The van der Waals surface area contributed by atoms with Gasteiger partial charge in [0.15, 0.2) is 11.9 Å². The van der Waals surface area contributed by atoms with Gasteiger partial charge in [0.05, 0.1) is 17.3 Å². The predicted molar refractivity (Wildman–Crippen MR) is 116 cm³/mol. The molecule has 31 heavy (non-hydrogen) atoms. The highest BCUT2D eigenvalue weighted by molar-refractivity contribution is 5.90. The van der Waals surface area contributed by atoms with Crippen LogP contribution in [-0.2, 0) is 27.8 Å². The maximum Gasteiger partial charge on any atom is 0.306 e. The van der Waals surface area contributed by atoms with Crippen LogP contribution in [0.25, 0.3) is 10.9 Å². The quantitative estimate of drug-likeness (QED) is 0.665. The number of nitrogens with zero attached hydrogens (tertiary/aromatic N) is 2. The van der Waals surface area contributed by atoms with Crippen LogP contribution in [0.2, 0.25) is 0 Å². The van der Waals surface area contributed by atoms with E-state index >= 15 is 0 Å². The normalized spacial score (nSPS) is 29.8. The van der Waals surface area contributed by atoms with E-state index in [4.69, 9.17) is 4.74 Å². The minimum absolute atomic E-state index is 0.0944. The summed E-state index contributed by atoms with van der Waals surface area (Å²) in [6.07, 6.45) is 6.44. The summed E-state index contributed by atoms with van der Waals surface area (Å²) in [5.74, 6) is 2.29. The summed E-state index contributed by atoms with van der Waals surface area (Å²) in [4.78, 5) is 42.9. The van der Waals surface area contributed by atoms with Gasteiger partial charge in [-0.2, -0.15) is 0 Å². The fourth-order valence-corrected chi connectivity index (χ4v) is 6.85. The van der Waals surface area contributed by atoms with Crippen molar-refractivity contribution in [2.24, 2.45) is 30.2 Å². The zero-order valence-electron chi connectivity index (χ0n) is 18.3. The van der Waals surface area contributed by atoms with Gasteiger partial charge >= 0.3 is 5.97 Å². The lowest BCUT2D eigenvalue weighted by Crippen LogP contribution is -2.52. The molecule has 4 saturated carbocycles. The van der Waals surface area contributed by atoms with E-state index in [-0.39, 0.29) is 23.2 Å². The van der Waals surface area contributed by atoms with Crippen molar-refractivity contribution in [2.75, 3.05) is 0 Å². The largest absolute Gasteiger partial charge is 0.455 e. The van der Waals surface area contributed by atoms with Crippen molar-refractivity contribution in [3.63, 3.8) is 0 Å². The number of esters is 1. The number of carbonyl (C=O) groups is 2. The lowest BCUT2D eigenvalue weighted by molar-refractivity contribution is -0.165. The second-order valence-electron chi connectivity index (χ2n) is 10.1. The Morgan fingerprint density at radius 1 is 1.13 bits per heavy atom. The fraction of sp³-hybridized carbons (Fsp3) is 0.600. The van der Waals surface area contributed by atoms with E-state index in [9.17, 15) is 14.4 Å². The van der Waals surface area contributed by atoms with E-state index < -0.39 is 12.1 Å². The molecular formula is C25H30N2O4. The summed E-state index contributed by atoms with van der Waals surface area (Å²) in [6.45, 7) is 1.73. The highest BCUT2D eigenvalue weighted by Crippen LogP contribution is 2.60. The van der Waals surface area contributed by atoms with Gasteiger partial charge in [-0.15, -0.1) is 0 Å². The first-order valence-electron chi connectivity index (χ1n) is 11.5. The van der Waals surface area contributed by atoms with E-state index in [1.807, 2.05) is 12.1 Å². The molecule has 0 amide bonds. The third kappa shape index (κ3) is 3.60. The maximum absolute atomic E-state index is 13.3. The fourth-order valence-electron chi connectivity index (χ4n) is 6.85. The Labute approximate surface area is 182 Å². The molecule has 0 aliphatic heterocycles. The summed E-state index contributed by atoms with van der Waals surface area (Å²) in [5.41, 5.74) is 0.233. The van der Waals surface area contributed by atoms with Gasteiger partial charge in [-0.05, 0) is 75.3 Å². The molecule has 0 spiro atoms. The molecule has 1 heterocycles. The molecule has 0 radical (unpaired) electrons. The number of aryl methyl sites for hydroxylation is 1. The lowest BCUT2D eigenvalue weighted by atomic mass is 9.48. The van der Waals surface area contributed by atoms with E-state index in [1.54, 1.807) is 26.1 Å². The molecule has 6 rings (SSSR count). The third-order valence-electron chi connectivity index (χ3n) is 7.87. The van der Waals surface area contributed by atoms with Crippen molar-refractivity contribution in [1.82, 2.24) is 9.55 Å². The minimum atomic E-state index is -0.711. The number of fused-ring (bicyclic) bond motifs is 1. The average Bonchev–Trinajstić information content (AvgIpc) is 2.73. The van der Waals surface area contributed by atoms with Crippen molar-refractivity contribution in [3.8, 4) is 0 Å². The van der Waals surface area contributed by atoms with Crippen molar-refractivity contribution < 1.29 is 14.3 Å². The van der Waals surface area contributed by atoms with E-state index in [2.05, 4.69) is 4.98 Å².